The fraction of sp³-hybridized carbons (Fsp3) is 0.458. The van der Waals surface area contributed by atoms with E-state index in [1.807, 2.05) is 18.2 Å². The van der Waals surface area contributed by atoms with Gasteiger partial charge in [-0.05, 0) is 49.2 Å². The summed E-state index contributed by atoms with van der Waals surface area (Å²) in [6, 6.07) is 10.5. The highest BCUT2D eigenvalue weighted by molar-refractivity contribution is 5.79. The molecule has 166 valence electrons. The number of amides is 1. The van der Waals surface area contributed by atoms with Crippen molar-refractivity contribution >= 4 is 5.91 Å². The molecule has 0 aromatic heterocycles. The summed E-state index contributed by atoms with van der Waals surface area (Å²) in [5.41, 5.74) is 2.13. The number of nitrogens with zero attached hydrogens (tertiary/aromatic N) is 1. The van der Waals surface area contributed by atoms with Gasteiger partial charge in [0.15, 0.2) is 0 Å². The summed E-state index contributed by atoms with van der Waals surface area (Å²) in [5, 5.41) is 2.97. The molecule has 2 unspecified atom stereocenters. The van der Waals surface area contributed by atoms with E-state index in [-0.39, 0.29) is 17.6 Å². The van der Waals surface area contributed by atoms with Crippen molar-refractivity contribution in [1.82, 2.24) is 10.2 Å². The minimum absolute atomic E-state index is 0.0316. The number of carbonyl (C=O) groups is 1. The molecule has 1 N–H and O–H groups in total. The molecule has 1 saturated heterocycles. The highest BCUT2D eigenvalue weighted by Gasteiger charge is 2.26. The van der Waals surface area contributed by atoms with Gasteiger partial charge in [0.05, 0.1) is 31.8 Å². The van der Waals surface area contributed by atoms with E-state index in [4.69, 9.17) is 14.2 Å². The maximum Gasteiger partial charge on any atom is 0.224 e. The summed E-state index contributed by atoms with van der Waals surface area (Å²) in [4.78, 5) is 14.8. The van der Waals surface area contributed by atoms with Gasteiger partial charge in [-0.3, -0.25) is 9.69 Å². The van der Waals surface area contributed by atoms with Gasteiger partial charge in [-0.2, -0.15) is 0 Å². The van der Waals surface area contributed by atoms with Crippen molar-refractivity contribution in [3.05, 3.63) is 47.8 Å². The van der Waals surface area contributed by atoms with Crippen LogP contribution in [0.15, 0.2) is 36.4 Å². The smallest absolute Gasteiger partial charge is 0.224 e. The summed E-state index contributed by atoms with van der Waals surface area (Å²) in [7, 11) is 1.54. The lowest BCUT2D eigenvalue weighted by molar-refractivity contribution is -0.127. The zero-order valence-electron chi connectivity index (χ0n) is 17.9. The monoisotopic (exact) mass is 428 g/mol. The summed E-state index contributed by atoms with van der Waals surface area (Å²) in [6.07, 6.45) is 1.85. The van der Waals surface area contributed by atoms with E-state index in [9.17, 15) is 9.18 Å². The maximum absolute atomic E-state index is 14.7. The van der Waals surface area contributed by atoms with E-state index in [1.54, 1.807) is 19.2 Å². The Morgan fingerprint density at radius 3 is 2.97 bits per heavy atom. The minimum Gasteiger partial charge on any atom is -0.496 e. The molecule has 4 rings (SSSR count). The molecule has 1 amide bonds. The SMILES string of the molecule is COc1cccc(F)c1-c1ccc2c(c1)CN1CCCC(C1)C(=O)NCCOCCO2. The van der Waals surface area contributed by atoms with Crippen molar-refractivity contribution < 1.29 is 23.4 Å². The van der Waals surface area contributed by atoms with Crippen LogP contribution in [0.4, 0.5) is 4.39 Å². The van der Waals surface area contributed by atoms with E-state index < -0.39 is 0 Å². The van der Waals surface area contributed by atoms with Crippen molar-refractivity contribution in [2.45, 2.75) is 19.4 Å². The van der Waals surface area contributed by atoms with E-state index >= 15 is 0 Å². The number of fused-ring (bicyclic) bond motifs is 3. The van der Waals surface area contributed by atoms with Gasteiger partial charge in [-0.25, -0.2) is 4.39 Å². The lowest BCUT2D eigenvalue weighted by atomic mass is 9.96. The molecular weight excluding hydrogens is 399 g/mol. The van der Waals surface area contributed by atoms with E-state index in [0.717, 1.165) is 36.3 Å². The Morgan fingerprint density at radius 1 is 1.19 bits per heavy atom. The molecule has 0 radical (unpaired) electrons. The molecule has 31 heavy (non-hydrogen) atoms. The van der Waals surface area contributed by atoms with E-state index in [1.165, 1.54) is 6.07 Å². The van der Waals surface area contributed by atoms with Crippen molar-refractivity contribution in [2.75, 3.05) is 46.6 Å². The molecule has 7 heteroatoms. The number of benzene rings is 2. The van der Waals surface area contributed by atoms with Crippen molar-refractivity contribution in [2.24, 2.45) is 5.92 Å². The number of nitrogens with one attached hydrogen (secondary N) is 1. The Hall–Kier alpha value is -2.64. The van der Waals surface area contributed by atoms with Crippen LogP contribution in [0, 0.1) is 11.7 Å². The molecule has 0 aliphatic carbocycles. The first kappa shape index (κ1) is 21.6. The molecule has 2 heterocycles. The molecular formula is C24H29FN2O4. The van der Waals surface area contributed by atoms with E-state index in [2.05, 4.69) is 10.2 Å². The highest BCUT2D eigenvalue weighted by Crippen LogP contribution is 2.36. The van der Waals surface area contributed by atoms with Crippen LogP contribution >= 0.6 is 0 Å². The normalized spacial score (nSPS) is 22.5. The lowest BCUT2D eigenvalue weighted by Gasteiger charge is -2.32. The average molecular weight is 429 g/mol. The van der Waals surface area contributed by atoms with Gasteiger partial charge in [0, 0.05) is 25.2 Å². The Labute approximate surface area is 182 Å². The molecule has 2 aliphatic rings. The first-order chi connectivity index (χ1) is 15.2. The quantitative estimate of drug-likeness (QED) is 0.796. The lowest BCUT2D eigenvalue weighted by Crippen LogP contribution is -2.43. The van der Waals surface area contributed by atoms with Gasteiger partial charge in [0.25, 0.3) is 0 Å². The first-order valence-corrected chi connectivity index (χ1v) is 10.8. The summed E-state index contributed by atoms with van der Waals surface area (Å²) in [5.74, 6) is 0.975. The van der Waals surface area contributed by atoms with Gasteiger partial charge >= 0.3 is 0 Å². The number of hydrogen-bond acceptors (Lipinski definition) is 5. The molecule has 0 spiro atoms. The van der Waals surface area contributed by atoms with Gasteiger partial charge in [0.1, 0.15) is 23.9 Å². The second kappa shape index (κ2) is 10.1. The molecule has 2 aromatic carbocycles. The molecule has 2 aliphatic heterocycles. The Morgan fingerprint density at radius 2 is 2.10 bits per heavy atom. The second-order valence-corrected chi connectivity index (χ2v) is 7.97. The standard InChI is InChI=1S/C24H29FN2O4/c1-29-22-6-2-5-20(25)23(22)17-7-8-21-19(14-17)16-27-10-3-4-18(15-27)24(28)26-9-11-30-12-13-31-21/h2,5-8,14,18H,3-4,9-13,15-16H2,1H3,(H,26,28). The van der Waals surface area contributed by atoms with Crippen molar-refractivity contribution in [3.63, 3.8) is 0 Å². The predicted molar refractivity (Wildman–Crippen MR) is 116 cm³/mol. The van der Waals surface area contributed by atoms with Crippen LogP contribution in [-0.2, 0) is 16.1 Å². The third-order valence-electron chi connectivity index (χ3n) is 5.85. The number of halogens is 1. The number of hydrogen-bond donors (Lipinski definition) is 1. The van der Waals surface area contributed by atoms with Gasteiger partial charge in [0.2, 0.25) is 5.91 Å². The number of ether oxygens (including phenoxy) is 3. The average Bonchev–Trinajstić information content (AvgIpc) is 2.78. The van der Waals surface area contributed by atoms with Gasteiger partial charge < -0.3 is 19.5 Å². The Bertz CT molecular complexity index is 920. The molecule has 2 aromatic rings. The third-order valence-corrected chi connectivity index (χ3v) is 5.85. The summed E-state index contributed by atoms with van der Waals surface area (Å²) >= 11 is 0. The fourth-order valence-corrected chi connectivity index (χ4v) is 4.31. The highest BCUT2D eigenvalue weighted by atomic mass is 19.1. The molecule has 0 saturated carbocycles. The van der Waals surface area contributed by atoms with Gasteiger partial charge in [-0.15, -0.1) is 0 Å². The van der Waals surface area contributed by atoms with Crippen LogP contribution in [-0.4, -0.2) is 57.4 Å². The van der Waals surface area contributed by atoms with Crippen LogP contribution in [0.3, 0.4) is 0 Å². The molecule has 2 bridgehead atoms. The first-order valence-electron chi connectivity index (χ1n) is 10.8. The summed E-state index contributed by atoms with van der Waals surface area (Å²) in [6.45, 7) is 4.06. The zero-order chi connectivity index (χ0) is 21.6. The van der Waals surface area contributed by atoms with Crippen LogP contribution in [0.1, 0.15) is 18.4 Å². The number of piperidine rings is 1. The van der Waals surface area contributed by atoms with Crippen LogP contribution in [0.2, 0.25) is 0 Å². The number of rotatable bonds is 2. The predicted octanol–water partition coefficient (Wildman–Crippen LogP) is 3.24. The van der Waals surface area contributed by atoms with Crippen LogP contribution in [0.25, 0.3) is 11.1 Å². The van der Waals surface area contributed by atoms with Crippen LogP contribution in [0.5, 0.6) is 11.5 Å². The topological polar surface area (TPSA) is 60.0 Å². The Balaban J connectivity index is 1.66. The Kier molecular flexibility index (Phi) is 7.04. The summed E-state index contributed by atoms with van der Waals surface area (Å²) < 4.78 is 31.6. The molecule has 2 atom stereocenters. The minimum atomic E-state index is -0.329. The molecule has 1 fully saturated rings. The van der Waals surface area contributed by atoms with Gasteiger partial charge in [-0.1, -0.05) is 12.1 Å². The fourth-order valence-electron chi connectivity index (χ4n) is 4.31. The second-order valence-electron chi connectivity index (χ2n) is 7.97. The third kappa shape index (κ3) is 5.17. The molecule has 6 nitrogen and oxygen atoms in total. The van der Waals surface area contributed by atoms with Crippen LogP contribution < -0.4 is 14.8 Å². The zero-order valence-corrected chi connectivity index (χ0v) is 17.9. The number of methoxy groups -OCH3 is 1. The number of carbonyl (C=O) groups excluding carboxylic acids is 1. The van der Waals surface area contributed by atoms with Crippen molar-refractivity contribution in [1.29, 1.82) is 0 Å². The largest absolute Gasteiger partial charge is 0.496 e. The van der Waals surface area contributed by atoms with Crippen molar-refractivity contribution in [3.8, 4) is 22.6 Å². The van der Waals surface area contributed by atoms with E-state index in [0.29, 0.717) is 50.8 Å². The maximum atomic E-state index is 14.7.